The van der Waals surface area contributed by atoms with Crippen LogP contribution in [0.4, 0.5) is 5.13 Å². The van der Waals surface area contributed by atoms with E-state index in [-0.39, 0.29) is 5.91 Å². The van der Waals surface area contributed by atoms with E-state index in [1.807, 2.05) is 19.1 Å². The minimum atomic E-state index is -0.671. The quantitative estimate of drug-likeness (QED) is 0.915. The summed E-state index contributed by atoms with van der Waals surface area (Å²) in [6.45, 7) is 3.48. The maximum atomic E-state index is 12.0. The number of ether oxygens (including phenoxy) is 2. The molecule has 0 aliphatic heterocycles. The Balaban J connectivity index is 2.00. The van der Waals surface area contributed by atoms with Gasteiger partial charge in [0.05, 0.1) is 7.11 Å². The topological polar surface area (TPSA) is 73.3 Å². The van der Waals surface area contributed by atoms with Gasteiger partial charge >= 0.3 is 0 Å². The number of aryl methyl sites for hydroxylation is 1. The van der Waals surface area contributed by atoms with Crippen LogP contribution < -0.4 is 14.8 Å². The summed E-state index contributed by atoms with van der Waals surface area (Å²) in [5.41, 5.74) is 0. The Morgan fingerprint density at radius 2 is 2.00 bits per heavy atom. The van der Waals surface area contributed by atoms with Gasteiger partial charge in [0.15, 0.2) is 17.6 Å². The average molecular weight is 293 g/mol. The molecule has 0 fully saturated rings. The lowest BCUT2D eigenvalue weighted by Gasteiger charge is -2.15. The summed E-state index contributed by atoms with van der Waals surface area (Å²) in [5.74, 6) is 0.817. The maximum absolute atomic E-state index is 12.0. The molecule has 1 atom stereocenters. The fraction of sp³-hybridized carbons (Fsp3) is 0.308. The van der Waals surface area contributed by atoms with Crippen LogP contribution in [0.2, 0.25) is 0 Å². The van der Waals surface area contributed by atoms with Crippen molar-refractivity contribution in [2.75, 3.05) is 12.4 Å². The van der Waals surface area contributed by atoms with E-state index in [2.05, 4.69) is 15.5 Å². The molecule has 1 N–H and O–H groups in total. The SMILES string of the molecule is COc1ccccc1O[C@@H](C)C(=O)Nc1nnc(C)s1. The number of hydrogen-bond acceptors (Lipinski definition) is 6. The van der Waals surface area contributed by atoms with Crippen LogP contribution in [0, 0.1) is 6.92 Å². The van der Waals surface area contributed by atoms with Crippen molar-refractivity contribution in [2.24, 2.45) is 0 Å². The molecule has 0 saturated heterocycles. The Hall–Kier alpha value is -2.15. The Morgan fingerprint density at radius 3 is 2.60 bits per heavy atom. The van der Waals surface area contributed by atoms with Gasteiger partial charge in [0.25, 0.3) is 5.91 Å². The number of nitrogens with zero attached hydrogens (tertiary/aromatic N) is 2. The minimum absolute atomic E-state index is 0.285. The zero-order chi connectivity index (χ0) is 14.5. The van der Waals surface area contributed by atoms with Gasteiger partial charge in [-0.2, -0.15) is 0 Å². The highest BCUT2D eigenvalue weighted by Crippen LogP contribution is 2.27. The van der Waals surface area contributed by atoms with Crippen LogP contribution in [-0.4, -0.2) is 29.3 Å². The van der Waals surface area contributed by atoms with E-state index in [1.54, 1.807) is 26.2 Å². The zero-order valence-corrected chi connectivity index (χ0v) is 12.2. The van der Waals surface area contributed by atoms with Crippen LogP contribution in [0.1, 0.15) is 11.9 Å². The van der Waals surface area contributed by atoms with E-state index in [0.29, 0.717) is 16.6 Å². The highest BCUT2D eigenvalue weighted by atomic mass is 32.1. The molecule has 1 aromatic carbocycles. The third-order valence-corrected chi connectivity index (χ3v) is 3.25. The summed E-state index contributed by atoms with van der Waals surface area (Å²) in [6, 6.07) is 7.17. The van der Waals surface area contributed by atoms with Crippen molar-refractivity contribution in [3.8, 4) is 11.5 Å². The average Bonchev–Trinajstić information content (AvgIpc) is 2.84. The molecule has 20 heavy (non-hydrogen) atoms. The number of rotatable bonds is 5. The molecule has 1 amide bonds. The van der Waals surface area contributed by atoms with Gasteiger partial charge in [-0.15, -0.1) is 10.2 Å². The number of anilines is 1. The van der Waals surface area contributed by atoms with Crippen LogP contribution in [0.5, 0.6) is 11.5 Å². The second-order valence-corrected chi connectivity index (χ2v) is 5.21. The molecule has 1 aromatic heterocycles. The van der Waals surface area contributed by atoms with Crippen LogP contribution in [-0.2, 0) is 4.79 Å². The van der Waals surface area contributed by atoms with Crippen molar-refractivity contribution >= 4 is 22.4 Å². The molecule has 7 heteroatoms. The first-order valence-electron chi connectivity index (χ1n) is 6.01. The standard InChI is InChI=1S/C13H15N3O3S/c1-8(12(17)14-13-16-15-9(2)20-13)19-11-7-5-4-6-10(11)18-3/h4-8H,1-3H3,(H,14,16,17)/t8-/m0/s1. The largest absolute Gasteiger partial charge is 0.493 e. The maximum Gasteiger partial charge on any atom is 0.266 e. The fourth-order valence-electron chi connectivity index (χ4n) is 1.51. The van der Waals surface area contributed by atoms with Gasteiger partial charge < -0.3 is 9.47 Å². The van der Waals surface area contributed by atoms with Gasteiger partial charge in [0.2, 0.25) is 5.13 Å². The molecular weight excluding hydrogens is 278 g/mol. The molecule has 6 nitrogen and oxygen atoms in total. The monoisotopic (exact) mass is 293 g/mol. The molecule has 2 aromatic rings. The first-order chi connectivity index (χ1) is 9.60. The summed E-state index contributed by atoms with van der Waals surface area (Å²) in [5, 5.41) is 11.6. The summed E-state index contributed by atoms with van der Waals surface area (Å²) in [7, 11) is 1.55. The number of benzene rings is 1. The smallest absolute Gasteiger partial charge is 0.266 e. The zero-order valence-electron chi connectivity index (χ0n) is 11.4. The molecule has 0 bridgehead atoms. The summed E-state index contributed by atoms with van der Waals surface area (Å²) < 4.78 is 10.8. The molecule has 0 saturated carbocycles. The third kappa shape index (κ3) is 3.45. The lowest BCUT2D eigenvalue weighted by molar-refractivity contribution is -0.122. The van der Waals surface area contributed by atoms with Crippen molar-refractivity contribution < 1.29 is 14.3 Å². The minimum Gasteiger partial charge on any atom is -0.493 e. The van der Waals surface area contributed by atoms with Gasteiger partial charge in [0.1, 0.15) is 5.01 Å². The van der Waals surface area contributed by atoms with E-state index in [9.17, 15) is 4.79 Å². The fourth-order valence-corrected chi connectivity index (χ4v) is 2.11. The molecule has 0 spiro atoms. The van der Waals surface area contributed by atoms with Crippen LogP contribution in [0.15, 0.2) is 24.3 Å². The number of carbonyl (C=O) groups excluding carboxylic acids is 1. The third-order valence-electron chi connectivity index (χ3n) is 2.50. The molecule has 0 radical (unpaired) electrons. The van der Waals surface area contributed by atoms with E-state index < -0.39 is 6.10 Å². The van der Waals surface area contributed by atoms with Crippen molar-refractivity contribution in [1.82, 2.24) is 10.2 Å². The van der Waals surface area contributed by atoms with Crippen molar-refractivity contribution in [2.45, 2.75) is 20.0 Å². The number of hydrogen-bond donors (Lipinski definition) is 1. The van der Waals surface area contributed by atoms with Gasteiger partial charge in [0, 0.05) is 0 Å². The normalized spacial score (nSPS) is 11.8. The highest BCUT2D eigenvalue weighted by Gasteiger charge is 2.18. The van der Waals surface area contributed by atoms with E-state index in [0.717, 1.165) is 5.01 Å². The Labute approximate surface area is 120 Å². The Kier molecular flexibility index (Phi) is 4.52. The predicted molar refractivity (Wildman–Crippen MR) is 76.4 cm³/mol. The Bertz CT molecular complexity index is 600. The summed E-state index contributed by atoms with van der Waals surface area (Å²) >= 11 is 1.31. The molecular formula is C13H15N3O3S. The second-order valence-electron chi connectivity index (χ2n) is 4.03. The molecule has 2 rings (SSSR count). The second kappa shape index (κ2) is 6.33. The van der Waals surface area contributed by atoms with Crippen LogP contribution in [0.3, 0.4) is 0 Å². The van der Waals surface area contributed by atoms with Gasteiger partial charge in [-0.25, -0.2) is 0 Å². The molecule has 0 unspecified atom stereocenters. The molecule has 0 aliphatic carbocycles. The first kappa shape index (κ1) is 14.3. The van der Waals surface area contributed by atoms with Gasteiger partial charge in [-0.3, -0.25) is 10.1 Å². The van der Waals surface area contributed by atoms with E-state index in [1.165, 1.54) is 11.3 Å². The van der Waals surface area contributed by atoms with Crippen LogP contribution in [0.25, 0.3) is 0 Å². The van der Waals surface area contributed by atoms with E-state index >= 15 is 0 Å². The number of carbonyl (C=O) groups is 1. The van der Waals surface area contributed by atoms with E-state index in [4.69, 9.17) is 9.47 Å². The summed E-state index contributed by atoms with van der Waals surface area (Å²) in [6.07, 6.45) is -0.671. The predicted octanol–water partition coefficient (Wildman–Crippen LogP) is 2.26. The van der Waals surface area contributed by atoms with Gasteiger partial charge in [-0.05, 0) is 26.0 Å². The molecule has 1 heterocycles. The number of nitrogens with one attached hydrogen (secondary N) is 1. The van der Waals surface area contributed by atoms with Crippen molar-refractivity contribution in [3.05, 3.63) is 29.3 Å². The highest BCUT2D eigenvalue weighted by molar-refractivity contribution is 7.15. The summed E-state index contributed by atoms with van der Waals surface area (Å²) in [4.78, 5) is 12.0. The van der Waals surface area contributed by atoms with Crippen molar-refractivity contribution in [3.63, 3.8) is 0 Å². The molecule has 106 valence electrons. The Morgan fingerprint density at radius 1 is 1.30 bits per heavy atom. The molecule has 0 aliphatic rings. The van der Waals surface area contributed by atoms with Crippen LogP contribution >= 0.6 is 11.3 Å². The first-order valence-corrected chi connectivity index (χ1v) is 6.82. The van der Waals surface area contributed by atoms with Gasteiger partial charge in [-0.1, -0.05) is 23.5 Å². The number of methoxy groups -OCH3 is 1. The number of amides is 1. The number of para-hydroxylation sites is 2. The lowest BCUT2D eigenvalue weighted by Crippen LogP contribution is -2.30. The number of aromatic nitrogens is 2. The van der Waals surface area contributed by atoms with Crippen molar-refractivity contribution in [1.29, 1.82) is 0 Å². The lowest BCUT2D eigenvalue weighted by atomic mass is 10.3.